The Kier molecular flexibility index (Phi) is 16.7. The van der Waals surface area contributed by atoms with Crippen molar-refractivity contribution in [1.82, 2.24) is 20.5 Å². The summed E-state index contributed by atoms with van der Waals surface area (Å²) in [5, 5.41) is 16.9. The summed E-state index contributed by atoms with van der Waals surface area (Å²) in [6.07, 6.45) is 2.63. The lowest BCUT2D eigenvalue weighted by Gasteiger charge is -2.35. The lowest BCUT2D eigenvalue weighted by molar-refractivity contribution is -0.144. The van der Waals surface area contributed by atoms with E-state index in [0.717, 1.165) is 47.6 Å². The normalized spacial score (nSPS) is 14.8. The first-order valence-corrected chi connectivity index (χ1v) is 23.9. The molecule has 14 nitrogen and oxygen atoms in total. The van der Waals surface area contributed by atoms with Gasteiger partial charge in [0.2, 0.25) is 17.7 Å². The number of aromatic hydroxyl groups is 1. The van der Waals surface area contributed by atoms with Crippen LogP contribution in [-0.4, -0.2) is 97.6 Å². The molecule has 67 heavy (non-hydrogen) atoms. The van der Waals surface area contributed by atoms with E-state index in [1.807, 2.05) is 113 Å². The Morgan fingerprint density at radius 3 is 2.19 bits per heavy atom. The van der Waals surface area contributed by atoms with Crippen molar-refractivity contribution in [1.29, 1.82) is 0 Å². The third kappa shape index (κ3) is 13.0. The molecule has 3 N–H and O–H groups in total. The topological polar surface area (TPSA) is 171 Å². The lowest BCUT2D eigenvalue weighted by atomic mass is 9.85. The van der Waals surface area contributed by atoms with E-state index in [1.165, 1.54) is 6.39 Å². The zero-order chi connectivity index (χ0) is 47.5. The minimum Gasteiger partial charge on any atom is -0.508 e. The maximum Gasteiger partial charge on any atom is 0.246 e. The maximum absolute atomic E-state index is 14.0. The molecular formula is C51H57BrN4O10S. The quantitative estimate of drug-likeness (QED) is 0.0587. The molecule has 1 saturated heterocycles. The van der Waals surface area contributed by atoms with E-state index in [9.17, 15) is 19.5 Å². The number of phenolic OH excluding ortho intramolecular Hbond substituents is 1. The van der Waals surface area contributed by atoms with Gasteiger partial charge in [0, 0.05) is 26.7 Å². The fraction of sp³-hybridized carbons (Fsp3) is 0.373. The van der Waals surface area contributed by atoms with Crippen LogP contribution in [0.2, 0.25) is 0 Å². The molecule has 16 heteroatoms. The van der Waals surface area contributed by atoms with Gasteiger partial charge in [-0.05, 0) is 97.8 Å². The first kappa shape index (κ1) is 49.1. The largest absolute Gasteiger partial charge is 0.508 e. The maximum atomic E-state index is 14.0. The molecule has 4 aromatic carbocycles. The molecule has 2 aromatic heterocycles. The molecular weight excluding hydrogens is 941 g/mol. The molecule has 0 bridgehead atoms. The summed E-state index contributed by atoms with van der Waals surface area (Å²) in [4.78, 5) is 47.3. The van der Waals surface area contributed by atoms with Crippen LogP contribution in [0.3, 0.4) is 0 Å². The number of rotatable bonds is 21. The van der Waals surface area contributed by atoms with Crippen molar-refractivity contribution in [2.75, 3.05) is 52.8 Å². The summed E-state index contributed by atoms with van der Waals surface area (Å²) in [5.41, 5.74) is 3.00. The summed E-state index contributed by atoms with van der Waals surface area (Å²) in [5.74, 6) is 2.00. The van der Waals surface area contributed by atoms with Gasteiger partial charge in [-0.25, -0.2) is 4.98 Å². The molecule has 1 aliphatic heterocycles. The number of hydrogen-bond donors (Lipinski definition) is 3. The highest BCUT2D eigenvalue weighted by Crippen LogP contribution is 2.47. The third-order valence-electron chi connectivity index (χ3n) is 11.3. The molecule has 7 rings (SSSR count). The molecule has 3 atom stereocenters. The number of amides is 3. The van der Waals surface area contributed by atoms with Crippen molar-refractivity contribution >= 4 is 55.1 Å². The molecule has 0 unspecified atom stereocenters. The van der Waals surface area contributed by atoms with Gasteiger partial charge in [0.15, 0.2) is 17.9 Å². The van der Waals surface area contributed by atoms with Crippen molar-refractivity contribution < 1.29 is 47.6 Å². The number of benzene rings is 4. The summed E-state index contributed by atoms with van der Waals surface area (Å²) in [7, 11) is 0. The van der Waals surface area contributed by atoms with E-state index in [1.54, 1.807) is 28.4 Å². The van der Waals surface area contributed by atoms with Gasteiger partial charge in [-0.1, -0.05) is 73.1 Å². The fourth-order valence-electron chi connectivity index (χ4n) is 7.71. The summed E-state index contributed by atoms with van der Waals surface area (Å²) in [6.45, 7) is 11.4. The number of phenols is 1. The zero-order valence-electron chi connectivity index (χ0n) is 38.3. The van der Waals surface area contributed by atoms with Gasteiger partial charge in [-0.2, -0.15) is 0 Å². The molecule has 3 amide bonds. The average Bonchev–Trinajstić information content (AvgIpc) is 4.07. The van der Waals surface area contributed by atoms with Crippen LogP contribution in [0.4, 0.5) is 0 Å². The van der Waals surface area contributed by atoms with Gasteiger partial charge in [0.1, 0.15) is 42.5 Å². The first-order chi connectivity index (χ1) is 32.2. The number of thiophene rings is 1. The summed E-state index contributed by atoms with van der Waals surface area (Å²) < 4.78 is 36.5. The SMILES string of the molecule is Cc1ncoc1-c1ccc([C@H](C)NC(=O)[C@@H]2CCCN2C(=O)[C@@H](NC(=O)COCCOCCOCCOc2ccc(Oc3c(-c4ccc(Br)cc4)sc4cc(O)ccc34)cc2)C(C)(C)C)cc1. The predicted molar refractivity (Wildman–Crippen MR) is 260 cm³/mol. The van der Waals surface area contributed by atoms with E-state index in [2.05, 4.69) is 31.5 Å². The second kappa shape index (κ2) is 22.8. The number of hydrogen-bond acceptors (Lipinski definition) is 12. The number of oxazole rings is 1. The minimum absolute atomic E-state index is 0.178. The van der Waals surface area contributed by atoms with E-state index < -0.39 is 23.4 Å². The number of likely N-dealkylation sites (tertiary alicyclic amines) is 1. The van der Waals surface area contributed by atoms with Crippen LogP contribution in [0, 0.1) is 12.3 Å². The Bertz CT molecular complexity index is 2590. The average molecular weight is 998 g/mol. The molecule has 354 valence electrons. The van der Waals surface area contributed by atoms with Gasteiger partial charge in [-0.3, -0.25) is 14.4 Å². The van der Waals surface area contributed by atoms with Gasteiger partial charge >= 0.3 is 0 Å². The molecule has 0 saturated carbocycles. The van der Waals surface area contributed by atoms with Crippen molar-refractivity contribution in [3.63, 3.8) is 0 Å². The highest BCUT2D eigenvalue weighted by molar-refractivity contribution is 9.10. The molecule has 6 aromatic rings. The van der Waals surface area contributed by atoms with E-state index in [0.29, 0.717) is 63.1 Å². The fourth-order valence-corrected chi connectivity index (χ4v) is 9.15. The number of fused-ring (bicyclic) bond motifs is 1. The van der Waals surface area contributed by atoms with Crippen LogP contribution in [0.15, 0.2) is 106 Å². The van der Waals surface area contributed by atoms with Crippen LogP contribution >= 0.6 is 27.3 Å². The number of aromatic nitrogens is 1. The van der Waals surface area contributed by atoms with Crippen LogP contribution in [0.5, 0.6) is 23.0 Å². The van der Waals surface area contributed by atoms with Crippen molar-refractivity contribution in [3.05, 3.63) is 113 Å². The number of nitrogens with zero attached hydrogens (tertiary/aromatic N) is 2. The molecule has 3 heterocycles. The van der Waals surface area contributed by atoms with Gasteiger partial charge in [-0.15, -0.1) is 11.3 Å². The highest BCUT2D eigenvalue weighted by Gasteiger charge is 2.42. The van der Waals surface area contributed by atoms with E-state index >= 15 is 0 Å². The Morgan fingerprint density at radius 2 is 1.52 bits per heavy atom. The van der Waals surface area contributed by atoms with Crippen molar-refractivity contribution in [2.24, 2.45) is 5.41 Å². The number of aryl methyl sites for hydroxylation is 1. The molecule has 1 aliphatic rings. The number of carbonyl (C=O) groups excluding carboxylic acids is 3. The second-order valence-corrected chi connectivity index (χ2v) is 19.3. The van der Waals surface area contributed by atoms with Crippen LogP contribution in [0.25, 0.3) is 31.9 Å². The van der Waals surface area contributed by atoms with Gasteiger partial charge < -0.3 is 48.7 Å². The van der Waals surface area contributed by atoms with Crippen molar-refractivity contribution in [3.8, 4) is 44.8 Å². The Labute approximate surface area is 403 Å². The summed E-state index contributed by atoms with van der Waals surface area (Å²) in [6, 6.07) is 26.7. The second-order valence-electron chi connectivity index (χ2n) is 17.3. The molecule has 0 radical (unpaired) electrons. The smallest absolute Gasteiger partial charge is 0.246 e. The van der Waals surface area contributed by atoms with Crippen LogP contribution in [-0.2, 0) is 28.6 Å². The Hall–Kier alpha value is -5.78. The highest BCUT2D eigenvalue weighted by atomic mass is 79.9. The standard InChI is InChI=1S/C51H57BrN4O10S/c1-32(34-8-10-35(11-9-34)45-33(2)53-31-65-45)54-49(59)42-7-6-22-56(42)50(60)48(51(3,4)5)55-44(58)30-63-26-25-61-23-24-62-27-28-64-39-17-19-40(20-18-39)66-46-41-21-16-38(57)29-43(41)67-47(46)36-12-14-37(52)15-13-36/h8-21,29,31-32,42,48,57H,6-7,22-28,30H2,1-5H3,(H,54,59)(H,55,58)/t32-,42-,48+/m0/s1. The van der Waals surface area contributed by atoms with Crippen LogP contribution in [0.1, 0.15) is 57.8 Å². The Morgan fingerprint density at radius 1 is 0.866 bits per heavy atom. The number of ether oxygens (including phenoxy) is 5. The molecule has 0 aliphatic carbocycles. The van der Waals surface area contributed by atoms with E-state index in [4.69, 9.17) is 28.1 Å². The monoisotopic (exact) mass is 996 g/mol. The summed E-state index contributed by atoms with van der Waals surface area (Å²) >= 11 is 5.07. The lowest BCUT2D eigenvalue weighted by Crippen LogP contribution is -2.58. The number of carbonyl (C=O) groups is 3. The minimum atomic E-state index is -0.862. The predicted octanol–water partition coefficient (Wildman–Crippen LogP) is 9.62. The Balaban J connectivity index is 0.770. The third-order valence-corrected chi connectivity index (χ3v) is 13.0. The molecule has 0 spiro atoms. The number of halogens is 1. The number of nitrogens with one attached hydrogen (secondary N) is 2. The van der Waals surface area contributed by atoms with Crippen LogP contribution < -0.4 is 20.1 Å². The zero-order valence-corrected chi connectivity index (χ0v) is 40.7. The van der Waals surface area contributed by atoms with Gasteiger partial charge in [0.25, 0.3) is 0 Å². The molecule has 1 fully saturated rings. The van der Waals surface area contributed by atoms with E-state index in [-0.39, 0.29) is 43.4 Å². The first-order valence-electron chi connectivity index (χ1n) is 22.3. The van der Waals surface area contributed by atoms with Gasteiger partial charge in [0.05, 0.1) is 49.6 Å². The van der Waals surface area contributed by atoms with Crippen molar-refractivity contribution in [2.45, 2.75) is 65.6 Å².